The molecule has 0 N–H and O–H groups in total. The van der Waals surface area contributed by atoms with E-state index in [1.165, 1.54) is 89.1 Å². The molecule has 1 aromatic heterocycles. The molecule has 7 aromatic rings. The Morgan fingerprint density at radius 3 is 1.98 bits per heavy atom. The Morgan fingerprint density at radius 1 is 0.613 bits per heavy atom. The molecule has 1 heterocycles. The van der Waals surface area contributed by atoms with Gasteiger partial charge >= 0.3 is 0 Å². The Balaban J connectivity index is 1.15. The van der Waals surface area contributed by atoms with Gasteiger partial charge in [-0.05, 0) is 117 Å². The van der Waals surface area contributed by atoms with Crippen LogP contribution in [0.2, 0.25) is 0 Å². The molecule has 0 fully saturated rings. The molecule has 0 aliphatic heterocycles. The van der Waals surface area contributed by atoms with Crippen molar-refractivity contribution in [3.8, 4) is 11.1 Å². The molecule has 12 rings (SSSR count). The van der Waals surface area contributed by atoms with Crippen LogP contribution in [0.25, 0.3) is 39.3 Å². The van der Waals surface area contributed by atoms with Crippen LogP contribution in [0, 0.1) is 11.8 Å². The van der Waals surface area contributed by atoms with Crippen molar-refractivity contribution < 1.29 is 4.42 Å². The predicted molar refractivity (Wildman–Crippen MR) is 258 cm³/mol. The number of furan rings is 1. The highest BCUT2D eigenvalue weighted by Crippen LogP contribution is 2.61. The van der Waals surface area contributed by atoms with E-state index < -0.39 is 11.0 Å². The number of hydrogen-bond acceptors (Lipinski definition) is 2. The quantitative estimate of drug-likeness (QED) is 0.167. The van der Waals surface area contributed by atoms with Crippen molar-refractivity contribution in [3.05, 3.63) is 238 Å². The van der Waals surface area contributed by atoms with Crippen LogP contribution in [0.15, 0.2) is 192 Å². The van der Waals surface area contributed by atoms with Crippen molar-refractivity contribution >= 4 is 33.9 Å². The molecule has 0 spiro atoms. The molecular weight excluding hydrogens is 751 g/mol. The first-order chi connectivity index (χ1) is 30.2. The molecule has 2 unspecified atom stereocenters. The second-order valence-electron chi connectivity index (χ2n) is 19.1. The number of allylic oxidation sites excluding steroid dienone is 8. The number of benzene rings is 6. The third-order valence-corrected chi connectivity index (χ3v) is 15.1. The first-order valence-corrected chi connectivity index (χ1v) is 22.5. The van der Waals surface area contributed by atoms with Gasteiger partial charge in [0.2, 0.25) is 0 Å². The number of anilines is 1. The Bertz CT molecular complexity index is 3100. The van der Waals surface area contributed by atoms with Gasteiger partial charge in [0.05, 0.1) is 11.0 Å². The highest BCUT2D eigenvalue weighted by Gasteiger charge is 2.51. The van der Waals surface area contributed by atoms with Crippen LogP contribution in [-0.2, 0) is 16.4 Å². The van der Waals surface area contributed by atoms with Crippen molar-refractivity contribution in [2.75, 3.05) is 4.90 Å². The fraction of sp³-hybridized carbons (Fsp3) is 0.200. The van der Waals surface area contributed by atoms with Gasteiger partial charge in [0.15, 0.2) is 0 Å². The Labute approximate surface area is 366 Å². The third kappa shape index (κ3) is 4.98. The van der Waals surface area contributed by atoms with E-state index in [4.69, 9.17) is 4.42 Å². The van der Waals surface area contributed by atoms with Crippen LogP contribution in [-0.4, -0.2) is 0 Å². The first kappa shape index (κ1) is 37.1. The fourth-order valence-electron chi connectivity index (χ4n) is 12.4. The molecule has 2 heteroatoms. The van der Waals surface area contributed by atoms with Gasteiger partial charge in [-0.2, -0.15) is 0 Å². The lowest BCUT2D eigenvalue weighted by Crippen LogP contribution is -2.43. The van der Waals surface area contributed by atoms with E-state index in [1.54, 1.807) is 0 Å². The highest BCUT2D eigenvalue weighted by molar-refractivity contribution is 5.99. The lowest BCUT2D eigenvalue weighted by Gasteiger charge is -2.44. The molecule has 0 bridgehead atoms. The molecule has 0 radical (unpaired) electrons. The smallest absolute Gasteiger partial charge is 0.135 e. The summed E-state index contributed by atoms with van der Waals surface area (Å²) in [6.45, 7) is 12.1. The largest absolute Gasteiger partial charge is 0.456 e. The monoisotopic (exact) mass is 801 g/mol. The van der Waals surface area contributed by atoms with Crippen molar-refractivity contribution in [2.24, 2.45) is 11.8 Å². The minimum absolute atomic E-state index is 0.101. The van der Waals surface area contributed by atoms with E-state index in [0.29, 0.717) is 11.8 Å². The molecule has 302 valence electrons. The SMILES string of the molecule is CC1CC(N(c2cccc3c2C2=C(C=C[C@H](C)C2)C3(C)C)C2(C)C=Cc3oc4cccc(C5(c6ccccc6)c6ccccc6-c6ccccc65)c4c32)=CC=C1c1ccccc1. The maximum Gasteiger partial charge on any atom is 0.135 e. The highest BCUT2D eigenvalue weighted by atomic mass is 16.3. The zero-order valence-electron chi connectivity index (χ0n) is 36.2. The van der Waals surface area contributed by atoms with Crippen molar-refractivity contribution in [1.82, 2.24) is 0 Å². The predicted octanol–water partition coefficient (Wildman–Crippen LogP) is 15.2. The molecule has 0 saturated carbocycles. The standard InChI is InChI=1S/C60H51NO/c1-38-30-33-47-46(36-38)55-50(58(47,3)4)26-16-28-52(55)61(42-31-32-43(39(2)37-42)40-18-8-6-9-19-40)59(5)35-34-54-57(59)56-51(27-17-29-53(56)62-54)60(41-20-10-7-11-21-41)48-24-14-12-22-44(48)45-23-13-15-25-49(45)60/h6-35,38-39H,36-37H2,1-5H3/t38-,39?,59?/m0/s1. The summed E-state index contributed by atoms with van der Waals surface area (Å²) >= 11 is 0. The van der Waals surface area contributed by atoms with Gasteiger partial charge < -0.3 is 9.32 Å². The van der Waals surface area contributed by atoms with Gasteiger partial charge in [0, 0.05) is 33.3 Å². The summed E-state index contributed by atoms with van der Waals surface area (Å²) in [6.07, 6.45) is 16.3. The summed E-state index contributed by atoms with van der Waals surface area (Å²) in [4.78, 5) is 2.73. The van der Waals surface area contributed by atoms with E-state index >= 15 is 0 Å². The van der Waals surface area contributed by atoms with Crippen molar-refractivity contribution in [1.29, 1.82) is 0 Å². The number of rotatable bonds is 6. The lowest BCUT2D eigenvalue weighted by atomic mass is 9.66. The second-order valence-corrected chi connectivity index (χ2v) is 19.1. The summed E-state index contributed by atoms with van der Waals surface area (Å²) in [7, 11) is 0. The van der Waals surface area contributed by atoms with Gasteiger partial charge in [-0.1, -0.05) is 185 Å². The van der Waals surface area contributed by atoms with E-state index in [2.05, 4.69) is 222 Å². The number of nitrogens with zero attached hydrogens (tertiary/aromatic N) is 1. The van der Waals surface area contributed by atoms with Gasteiger partial charge in [0.25, 0.3) is 0 Å². The molecule has 6 aromatic carbocycles. The zero-order valence-corrected chi connectivity index (χ0v) is 36.2. The Hall–Kier alpha value is -6.64. The van der Waals surface area contributed by atoms with Gasteiger partial charge in [-0.15, -0.1) is 0 Å². The van der Waals surface area contributed by atoms with Crippen molar-refractivity contribution in [3.63, 3.8) is 0 Å². The van der Waals surface area contributed by atoms with Crippen LogP contribution in [0.4, 0.5) is 5.69 Å². The maximum absolute atomic E-state index is 7.09. The molecule has 62 heavy (non-hydrogen) atoms. The molecular formula is C60H51NO. The fourth-order valence-corrected chi connectivity index (χ4v) is 12.4. The summed E-state index contributed by atoms with van der Waals surface area (Å²) in [5.74, 6) is 1.73. The first-order valence-electron chi connectivity index (χ1n) is 22.5. The van der Waals surface area contributed by atoms with Crippen LogP contribution in [0.3, 0.4) is 0 Å². The second kappa shape index (κ2) is 13.4. The molecule has 0 amide bonds. The molecule has 5 aliphatic rings. The van der Waals surface area contributed by atoms with Gasteiger partial charge in [0.1, 0.15) is 11.3 Å². The maximum atomic E-state index is 7.09. The minimum atomic E-state index is -0.603. The Kier molecular flexibility index (Phi) is 8.05. The van der Waals surface area contributed by atoms with Gasteiger partial charge in [-0.25, -0.2) is 0 Å². The molecule has 2 nitrogen and oxygen atoms in total. The van der Waals surface area contributed by atoms with E-state index in [9.17, 15) is 0 Å². The van der Waals surface area contributed by atoms with Crippen LogP contribution >= 0.6 is 0 Å². The topological polar surface area (TPSA) is 16.4 Å². The summed E-state index contributed by atoms with van der Waals surface area (Å²) in [6, 6.07) is 54.1. The van der Waals surface area contributed by atoms with Crippen molar-refractivity contribution in [2.45, 2.75) is 63.8 Å². The van der Waals surface area contributed by atoms with Gasteiger partial charge in [-0.3, -0.25) is 0 Å². The summed E-state index contributed by atoms with van der Waals surface area (Å²) in [5.41, 5.74) is 19.6. The van der Waals surface area contributed by atoms with Crippen LogP contribution in [0.1, 0.15) is 97.7 Å². The van der Waals surface area contributed by atoms with E-state index in [1.807, 2.05) is 0 Å². The molecule has 5 aliphatic carbocycles. The normalized spacial score (nSPS) is 22.1. The minimum Gasteiger partial charge on any atom is -0.456 e. The molecule has 0 saturated heterocycles. The number of hydrogen-bond donors (Lipinski definition) is 0. The number of fused-ring (bicyclic) bond motifs is 8. The van der Waals surface area contributed by atoms with Crippen LogP contribution < -0.4 is 4.90 Å². The lowest BCUT2D eigenvalue weighted by molar-refractivity contribution is 0.547. The summed E-state index contributed by atoms with van der Waals surface area (Å²) in [5, 5.41) is 1.20. The zero-order chi connectivity index (χ0) is 42.0. The van der Waals surface area contributed by atoms with E-state index in [0.717, 1.165) is 24.2 Å². The summed E-state index contributed by atoms with van der Waals surface area (Å²) < 4.78 is 7.09. The van der Waals surface area contributed by atoms with Crippen LogP contribution in [0.5, 0.6) is 0 Å². The average molecular weight is 802 g/mol. The third-order valence-electron chi connectivity index (χ3n) is 15.1. The average Bonchev–Trinajstić information content (AvgIpc) is 4.00. The molecule has 3 atom stereocenters. The Morgan fingerprint density at radius 2 is 1.26 bits per heavy atom. The van der Waals surface area contributed by atoms with E-state index in [-0.39, 0.29) is 5.41 Å².